The van der Waals surface area contributed by atoms with Gasteiger partial charge in [-0.3, -0.25) is 14.9 Å². The van der Waals surface area contributed by atoms with E-state index in [0.717, 1.165) is 21.0 Å². The number of carbonyl (C=O) groups excluding carboxylic acids is 2. The molecule has 0 spiro atoms. The second kappa shape index (κ2) is 10.8. The van der Waals surface area contributed by atoms with Crippen LogP contribution in [0.2, 0.25) is 0 Å². The second-order valence-electron chi connectivity index (χ2n) is 6.49. The van der Waals surface area contributed by atoms with Gasteiger partial charge in [-0.25, -0.2) is 4.98 Å². The highest BCUT2D eigenvalue weighted by Gasteiger charge is 2.13. The van der Waals surface area contributed by atoms with Gasteiger partial charge in [0, 0.05) is 23.3 Å². The summed E-state index contributed by atoms with van der Waals surface area (Å²) in [6.45, 7) is 1.97. The molecule has 2 N–H and O–H groups in total. The monoisotopic (exact) mass is 473 g/mol. The van der Waals surface area contributed by atoms with Crippen molar-refractivity contribution in [3.8, 4) is 27.8 Å². The smallest absolute Gasteiger partial charge is 0.250 e. The molecule has 0 aliphatic heterocycles. The minimum atomic E-state index is -0.308. The summed E-state index contributed by atoms with van der Waals surface area (Å²) in [5.74, 6) is 1.12. The van der Waals surface area contributed by atoms with Crippen molar-refractivity contribution in [2.45, 2.75) is 13.5 Å². The van der Waals surface area contributed by atoms with Crippen molar-refractivity contribution in [3.63, 3.8) is 0 Å². The van der Waals surface area contributed by atoms with Crippen molar-refractivity contribution in [1.82, 2.24) is 10.3 Å². The molecule has 0 bridgehead atoms. The summed E-state index contributed by atoms with van der Waals surface area (Å²) in [6, 6.07) is 7.41. The van der Waals surface area contributed by atoms with E-state index in [1.807, 2.05) is 17.5 Å². The van der Waals surface area contributed by atoms with Crippen LogP contribution in [0.3, 0.4) is 0 Å². The molecule has 32 heavy (non-hydrogen) atoms. The zero-order valence-electron chi connectivity index (χ0n) is 18.1. The molecule has 168 valence electrons. The molecule has 0 saturated carbocycles. The number of methoxy groups -OCH3 is 3. The van der Waals surface area contributed by atoms with E-state index in [0.29, 0.717) is 28.9 Å². The number of benzene rings is 1. The lowest BCUT2D eigenvalue weighted by Crippen LogP contribution is -2.17. The van der Waals surface area contributed by atoms with E-state index in [2.05, 4.69) is 15.6 Å². The molecule has 3 aromatic rings. The first kappa shape index (κ1) is 23.3. The van der Waals surface area contributed by atoms with Gasteiger partial charge in [0.05, 0.1) is 38.4 Å². The lowest BCUT2D eigenvalue weighted by molar-refractivity contribution is -0.119. The molecule has 0 radical (unpaired) electrons. The Bertz CT molecular complexity index is 1110. The number of thiazole rings is 1. The predicted octanol–water partition coefficient (Wildman–Crippen LogP) is 4.19. The maximum Gasteiger partial charge on any atom is 0.250 e. The Morgan fingerprint density at radius 3 is 2.44 bits per heavy atom. The molecule has 0 unspecified atom stereocenters. The van der Waals surface area contributed by atoms with Crippen LogP contribution in [0.15, 0.2) is 35.7 Å². The number of nitrogens with zero attached hydrogens (tertiary/aromatic N) is 1. The molecule has 0 atom stereocenters. The summed E-state index contributed by atoms with van der Waals surface area (Å²) in [5, 5.41) is 7.92. The number of carbonyl (C=O) groups is 2. The van der Waals surface area contributed by atoms with Gasteiger partial charge in [-0.1, -0.05) is 0 Å². The number of hydrogen-bond acceptors (Lipinski definition) is 8. The minimum absolute atomic E-state index is 0.0711. The molecule has 2 aromatic heterocycles. The average Bonchev–Trinajstić information content (AvgIpc) is 3.44. The summed E-state index contributed by atoms with van der Waals surface area (Å²) in [6.07, 6.45) is 3.07. The van der Waals surface area contributed by atoms with Crippen molar-refractivity contribution in [3.05, 3.63) is 46.2 Å². The van der Waals surface area contributed by atoms with Crippen molar-refractivity contribution in [2.75, 3.05) is 26.6 Å². The van der Waals surface area contributed by atoms with E-state index in [1.165, 1.54) is 45.7 Å². The normalized spacial score (nSPS) is 10.8. The fourth-order valence-electron chi connectivity index (χ4n) is 2.78. The van der Waals surface area contributed by atoms with E-state index >= 15 is 0 Å². The van der Waals surface area contributed by atoms with Crippen molar-refractivity contribution in [2.24, 2.45) is 0 Å². The summed E-state index contributed by atoms with van der Waals surface area (Å²) < 4.78 is 16.0. The van der Waals surface area contributed by atoms with Crippen LogP contribution in [0, 0.1) is 0 Å². The van der Waals surface area contributed by atoms with Gasteiger partial charge < -0.3 is 19.5 Å². The first-order valence-corrected chi connectivity index (χ1v) is 11.2. The average molecular weight is 474 g/mol. The van der Waals surface area contributed by atoms with Crippen LogP contribution in [0.4, 0.5) is 5.13 Å². The van der Waals surface area contributed by atoms with Crippen LogP contribution in [0.25, 0.3) is 16.6 Å². The second-order valence-corrected chi connectivity index (χ2v) is 8.52. The van der Waals surface area contributed by atoms with Gasteiger partial charge in [0.25, 0.3) is 0 Å². The van der Waals surface area contributed by atoms with Crippen LogP contribution in [0.1, 0.15) is 17.4 Å². The number of nitrogens with one attached hydrogen (secondary N) is 2. The fourth-order valence-corrected chi connectivity index (χ4v) is 4.48. The maximum atomic E-state index is 12.4. The molecule has 3 rings (SSSR count). The predicted molar refractivity (Wildman–Crippen MR) is 127 cm³/mol. The molecule has 0 saturated heterocycles. The van der Waals surface area contributed by atoms with Gasteiger partial charge in [-0.05, 0) is 35.9 Å². The molecule has 2 heterocycles. The molecule has 0 aliphatic rings. The number of thiophene rings is 1. The lowest BCUT2D eigenvalue weighted by atomic mass is 10.1. The Labute approximate surface area is 193 Å². The quantitative estimate of drug-likeness (QED) is 0.452. The molecule has 8 nitrogen and oxygen atoms in total. The molecule has 10 heteroatoms. The molecule has 1 aromatic carbocycles. The van der Waals surface area contributed by atoms with E-state index < -0.39 is 0 Å². The van der Waals surface area contributed by atoms with Gasteiger partial charge in [-0.2, -0.15) is 0 Å². The SMILES string of the molecule is COc1cc(/C=C/C(=O)Nc2nc(-c3ccc(CNC(C)=O)s3)cs2)cc(OC)c1OC. The van der Waals surface area contributed by atoms with Crippen LogP contribution < -0.4 is 24.8 Å². The Morgan fingerprint density at radius 1 is 1.09 bits per heavy atom. The fraction of sp³-hybridized carbons (Fsp3) is 0.227. The third kappa shape index (κ3) is 5.86. The van der Waals surface area contributed by atoms with Gasteiger partial charge in [-0.15, -0.1) is 22.7 Å². The molecule has 0 fully saturated rings. The third-order valence-electron chi connectivity index (χ3n) is 4.27. The Balaban J connectivity index is 1.66. The number of rotatable bonds is 9. The molecule has 0 aliphatic carbocycles. The number of aromatic nitrogens is 1. The largest absolute Gasteiger partial charge is 0.493 e. The summed E-state index contributed by atoms with van der Waals surface area (Å²) in [5.41, 5.74) is 1.50. The first-order valence-electron chi connectivity index (χ1n) is 9.51. The number of hydrogen-bond donors (Lipinski definition) is 2. The third-order valence-corrected chi connectivity index (χ3v) is 6.14. The van der Waals surface area contributed by atoms with E-state index in [-0.39, 0.29) is 11.8 Å². The molecule has 2 amide bonds. The van der Waals surface area contributed by atoms with Crippen LogP contribution in [0.5, 0.6) is 17.2 Å². The Kier molecular flexibility index (Phi) is 7.85. The standard InChI is InChI=1S/C22H23N3O5S2/c1-13(26)23-11-15-6-7-19(32-15)16-12-31-22(24-16)25-20(27)8-5-14-9-17(28-2)21(30-4)18(10-14)29-3/h5-10,12H,11H2,1-4H3,(H,23,26)(H,24,25,27)/b8-5+. The highest BCUT2D eigenvalue weighted by atomic mass is 32.1. The number of anilines is 1. The van der Waals surface area contributed by atoms with Crippen molar-refractivity contribution >= 4 is 45.7 Å². The highest BCUT2D eigenvalue weighted by molar-refractivity contribution is 7.17. The molecular weight excluding hydrogens is 450 g/mol. The van der Waals surface area contributed by atoms with E-state index in [9.17, 15) is 9.59 Å². The number of amides is 2. The number of ether oxygens (including phenoxy) is 3. The zero-order valence-corrected chi connectivity index (χ0v) is 19.7. The summed E-state index contributed by atoms with van der Waals surface area (Å²) in [4.78, 5) is 29.9. The Hall–Kier alpha value is -3.37. The van der Waals surface area contributed by atoms with Crippen LogP contribution in [-0.2, 0) is 16.1 Å². The van der Waals surface area contributed by atoms with Crippen LogP contribution in [-0.4, -0.2) is 38.1 Å². The van der Waals surface area contributed by atoms with E-state index in [4.69, 9.17) is 14.2 Å². The molecular formula is C22H23N3O5S2. The summed E-state index contributed by atoms with van der Waals surface area (Å²) in [7, 11) is 4.60. The van der Waals surface area contributed by atoms with Crippen molar-refractivity contribution < 1.29 is 23.8 Å². The maximum absolute atomic E-state index is 12.4. The highest BCUT2D eigenvalue weighted by Crippen LogP contribution is 2.38. The lowest BCUT2D eigenvalue weighted by Gasteiger charge is -2.12. The van der Waals surface area contributed by atoms with Crippen LogP contribution >= 0.6 is 22.7 Å². The van der Waals surface area contributed by atoms with Gasteiger partial charge in [0.2, 0.25) is 17.6 Å². The van der Waals surface area contributed by atoms with E-state index in [1.54, 1.807) is 29.5 Å². The van der Waals surface area contributed by atoms with Gasteiger partial charge >= 0.3 is 0 Å². The topological polar surface area (TPSA) is 98.8 Å². The summed E-state index contributed by atoms with van der Waals surface area (Å²) >= 11 is 2.89. The Morgan fingerprint density at radius 2 is 1.81 bits per heavy atom. The van der Waals surface area contributed by atoms with Gasteiger partial charge in [0.15, 0.2) is 16.6 Å². The van der Waals surface area contributed by atoms with Gasteiger partial charge in [0.1, 0.15) is 0 Å². The first-order chi connectivity index (χ1) is 15.4. The van der Waals surface area contributed by atoms with Crippen molar-refractivity contribution in [1.29, 1.82) is 0 Å². The zero-order chi connectivity index (χ0) is 23.1. The minimum Gasteiger partial charge on any atom is -0.493 e.